The van der Waals surface area contributed by atoms with Gasteiger partial charge in [0.2, 0.25) is 5.91 Å². The second kappa shape index (κ2) is 6.99. The van der Waals surface area contributed by atoms with Gasteiger partial charge in [0.25, 0.3) is 0 Å². The summed E-state index contributed by atoms with van der Waals surface area (Å²) in [5.74, 6) is -0.637. The Morgan fingerprint density at radius 1 is 1.13 bits per heavy atom. The molecule has 0 aromatic rings. The van der Waals surface area contributed by atoms with Gasteiger partial charge >= 0.3 is 0 Å². The van der Waals surface area contributed by atoms with Crippen LogP contribution in [0, 0.1) is 17.3 Å². The number of carbonyl (C=O) groups is 1. The Hall–Kier alpha value is -0.780. The summed E-state index contributed by atoms with van der Waals surface area (Å²) in [5, 5.41) is 0. The number of likely N-dealkylation sites (tertiary alicyclic amines) is 1. The number of hydrogen-bond donors (Lipinski definition) is 1. The lowest BCUT2D eigenvalue weighted by atomic mass is 9.60. The smallest absolute Gasteiger partial charge is 0.220 e. The van der Waals surface area contributed by atoms with Crippen molar-refractivity contribution in [2.45, 2.75) is 57.5 Å². The van der Waals surface area contributed by atoms with Crippen LogP contribution in [0.25, 0.3) is 0 Å². The van der Waals surface area contributed by atoms with Crippen molar-refractivity contribution in [2.75, 3.05) is 26.6 Å². The van der Waals surface area contributed by atoms with Crippen LogP contribution in [0.15, 0.2) is 0 Å². The number of nitrogens with two attached hydrogens (primary N) is 1. The molecule has 0 bridgehead atoms. The summed E-state index contributed by atoms with van der Waals surface area (Å²) in [6.45, 7) is 1.85. The first-order chi connectivity index (χ1) is 10.9. The van der Waals surface area contributed by atoms with Gasteiger partial charge in [0.05, 0.1) is 18.9 Å². The second-order valence-corrected chi connectivity index (χ2v) is 7.64. The molecule has 2 rings (SSSR count). The molecule has 0 aromatic carbocycles. The van der Waals surface area contributed by atoms with Crippen LogP contribution in [-0.4, -0.2) is 49.0 Å². The third kappa shape index (κ3) is 2.87. The molecule has 1 heterocycles. The SMILES string of the molecule is CC1CN(C2(CF)CCCCC2(CF)CF)C(C)CC1C(N)=O. The van der Waals surface area contributed by atoms with Crippen molar-refractivity contribution in [3.05, 3.63) is 0 Å². The van der Waals surface area contributed by atoms with Gasteiger partial charge in [-0.3, -0.25) is 18.5 Å². The number of halogens is 3. The maximum absolute atomic E-state index is 14.3. The normalized spacial score (nSPS) is 38.4. The van der Waals surface area contributed by atoms with Gasteiger partial charge in [-0.05, 0) is 32.1 Å². The van der Waals surface area contributed by atoms with E-state index in [2.05, 4.69) is 0 Å². The first-order valence-corrected chi connectivity index (χ1v) is 8.61. The maximum Gasteiger partial charge on any atom is 0.220 e. The monoisotopic (exact) mass is 334 g/mol. The molecule has 0 spiro atoms. The van der Waals surface area contributed by atoms with Crippen LogP contribution in [-0.2, 0) is 4.79 Å². The molecule has 2 aliphatic rings. The number of nitrogens with zero attached hydrogens (tertiary/aromatic N) is 1. The van der Waals surface area contributed by atoms with E-state index in [0.29, 0.717) is 25.8 Å². The summed E-state index contributed by atoms with van der Waals surface area (Å²) in [7, 11) is 0. The summed E-state index contributed by atoms with van der Waals surface area (Å²) >= 11 is 0. The zero-order chi connectivity index (χ0) is 17.3. The summed E-state index contributed by atoms with van der Waals surface area (Å²) < 4.78 is 42.1. The van der Waals surface area contributed by atoms with E-state index < -0.39 is 31.0 Å². The summed E-state index contributed by atoms with van der Waals surface area (Å²) in [4.78, 5) is 13.5. The van der Waals surface area contributed by atoms with E-state index in [9.17, 15) is 18.0 Å². The Balaban J connectivity index is 2.37. The van der Waals surface area contributed by atoms with E-state index in [1.165, 1.54) is 0 Å². The second-order valence-electron chi connectivity index (χ2n) is 7.64. The van der Waals surface area contributed by atoms with Crippen molar-refractivity contribution >= 4 is 5.91 Å². The molecule has 23 heavy (non-hydrogen) atoms. The van der Waals surface area contributed by atoms with E-state index in [-0.39, 0.29) is 23.8 Å². The zero-order valence-electron chi connectivity index (χ0n) is 14.2. The van der Waals surface area contributed by atoms with Gasteiger partial charge in [0, 0.05) is 23.9 Å². The predicted molar refractivity (Wildman–Crippen MR) is 84.2 cm³/mol. The molecule has 3 nitrogen and oxygen atoms in total. The Morgan fingerprint density at radius 3 is 2.26 bits per heavy atom. The summed E-state index contributed by atoms with van der Waals surface area (Å²) in [6.07, 6.45) is 2.88. The largest absolute Gasteiger partial charge is 0.369 e. The highest BCUT2D eigenvalue weighted by Crippen LogP contribution is 2.51. The summed E-state index contributed by atoms with van der Waals surface area (Å²) in [6, 6.07) is -0.116. The van der Waals surface area contributed by atoms with Crippen LogP contribution in [0.1, 0.15) is 46.0 Å². The quantitative estimate of drug-likeness (QED) is 0.840. The van der Waals surface area contributed by atoms with Gasteiger partial charge in [-0.1, -0.05) is 19.8 Å². The first-order valence-electron chi connectivity index (χ1n) is 8.61. The van der Waals surface area contributed by atoms with Crippen molar-refractivity contribution < 1.29 is 18.0 Å². The molecule has 134 valence electrons. The lowest BCUT2D eigenvalue weighted by molar-refractivity contribution is -0.148. The van der Waals surface area contributed by atoms with Crippen molar-refractivity contribution in [2.24, 2.45) is 23.0 Å². The molecule has 0 aromatic heterocycles. The Morgan fingerprint density at radius 2 is 1.74 bits per heavy atom. The van der Waals surface area contributed by atoms with Gasteiger partial charge in [-0.2, -0.15) is 0 Å². The highest BCUT2D eigenvalue weighted by Gasteiger charge is 2.58. The fourth-order valence-corrected chi connectivity index (χ4v) is 4.87. The minimum atomic E-state index is -1.27. The fraction of sp³-hybridized carbons (Fsp3) is 0.941. The number of alkyl halides is 3. The number of piperidine rings is 1. The van der Waals surface area contributed by atoms with Gasteiger partial charge in [0.1, 0.15) is 6.67 Å². The van der Waals surface area contributed by atoms with Crippen molar-refractivity contribution in [1.82, 2.24) is 4.90 Å². The molecule has 2 N–H and O–H groups in total. The molecule has 0 radical (unpaired) electrons. The molecule has 1 saturated carbocycles. The molecule has 1 aliphatic carbocycles. The average molecular weight is 334 g/mol. The number of primary amides is 1. The van der Waals surface area contributed by atoms with Crippen LogP contribution in [0.2, 0.25) is 0 Å². The Labute approximate surface area is 136 Å². The van der Waals surface area contributed by atoms with Crippen LogP contribution in [0.4, 0.5) is 13.2 Å². The molecule has 2 fully saturated rings. The van der Waals surface area contributed by atoms with Crippen LogP contribution in [0.3, 0.4) is 0 Å². The van der Waals surface area contributed by atoms with E-state index in [1.54, 1.807) is 0 Å². The third-order valence-corrected chi connectivity index (χ3v) is 6.43. The lowest BCUT2D eigenvalue weighted by Gasteiger charge is -2.59. The molecule has 4 unspecified atom stereocenters. The zero-order valence-corrected chi connectivity index (χ0v) is 14.2. The topological polar surface area (TPSA) is 46.3 Å². The first kappa shape index (κ1) is 18.6. The summed E-state index contributed by atoms with van der Waals surface area (Å²) in [5.41, 5.74) is 3.09. The average Bonchev–Trinajstić information content (AvgIpc) is 2.56. The molecule has 1 aliphatic heterocycles. The van der Waals surface area contributed by atoms with E-state index in [0.717, 1.165) is 12.8 Å². The van der Waals surface area contributed by atoms with Crippen molar-refractivity contribution in [3.63, 3.8) is 0 Å². The molecule has 4 atom stereocenters. The van der Waals surface area contributed by atoms with E-state index in [4.69, 9.17) is 5.73 Å². The molecule has 1 saturated heterocycles. The number of amides is 1. The molecule has 1 amide bonds. The predicted octanol–water partition coefficient (Wildman–Crippen LogP) is 3.03. The van der Waals surface area contributed by atoms with E-state index >= 15 is 0 Å². The van der Waals surface area contributed by atoms with Gasteiger partial charge in [-0.15, -0.1) is 0 Å². The van der Waals surface area contributed by atoms with Crippen LogP contribution in [0.5, 0.6) is 0 Å². The number of carbonyl (C=O) groups excluding carboxylic acids is 1. The van der Waals surface area contributed by atoms with Crippen molar-refractivity contribution in [1.29, 1.82) is 0 Å². The third-order valence-electron chi connectivity index (χ3n) is 6.43. The highest BCUT2D eigenvalue weighted by atomic mass is 19.1. The van der Waals surface area contributed by atoms with Crippen molar-refractivity contribution in [3.8, 4) is 0 Å². The highest BCUT2D eigenvalue weighted by molar-refractivity contribution is 5.77. The molecule has 6 heteroatoms. The fourth-order valence-electron chi connectivity index (χ4n) is 4.87. The molecular weight excluding hydrogens is 305 g/mol. The molecular formula is C17H29F3N2O. The van der Waals surface area contributed by atoms with Crippen LogP contribution < -0.4 is 5.73 Å². The van der Waals surface area contributed by atoms with E-state index in [1.807, 2.05) is 18.7 Å². The Bertz CT molecular complexity index is 430. The maximum atomic E-state index is 14.3. The standard InChI is InChI=1S/C17H29F3N2O/c1-12-8-22(13(2)7-14(12)15(21)23)17(11-20)6-4-3-5-16(17,9-18)10-19/h12-14H,3-11H2,1-2H3,(H2,21,23). The number of hydrogen-bond acceptors (Lipinski definition) is 2. The van der Waals surface area contributed by atoms with Gasteiger partial charge < -0.3 is 5.73 Å². The van der Waals surface area contributed by atoms with Gasteiger partial charge in [0.15, 0.2) is 0 Å². The minimum Gasteiger partial charge on any atom is -0.369 e. The Kier molecular flexibility index (Phi) is 5.64. The van der Waals surface area contributed by atoms with Gasteiger partial charge in [-0.25, -0.2) is 4.39 Å². The number of rotatable bonds is 5. The minimum absolute atomic E-state index is 0.0361. The lowest BCUT2D eigenvalue weighted by Crippen LogP contribution is -2.69. The van der Waals surface area contributed by atoms with Crippen LogP contribution >= 0.6 is 0 Å².